The molecule has 1 fully saturated rings. The Balaban J connectivity index is 2.15. The molecule has 15 heavy (non-hydrogen) atoms. The lowest BCUT2D eigenvalue weighted by atomic mass is 9.98. The molecule has 1 saturated heterocycles. The molecule has 2 rings (SSSR count). The third kappa shape index (κ3) is 1.97. The lowest BCUT2D eigenvalue weighted by Crippen LogP contribution is -2.38. The van der Waals surface area contributed by atoms with Crippen LogP contribution >= 0.6 is 0 Å². The van der Waals surface area contributed by atoms with Crippen molar-refractivity contribution in [2.45, 2.75) is 31.8 Å². The number of aldehydes is 1. The molecule has 1 aromatic rings. The van der Waals surface area contributed by atoms with E-state index in [1.165, 1.54) is 0 Å². The van der Waals surface area contributed by atoms with Crippen molar-refractivity contribution in [2.24, 2.45) is 0 Å². The van der Waals surface area contributed by atoms with Crippen molar-refractivity contribution in [2.75, 3.05) is 13.6 Å². The van der Waals surface area contributed by atoms with Crippen molar-refractivity contribution in [3.05, 3.63) is 24.0 Å². The van der Waals surface area contributed by atoms with Crippen LogP contribution in [0.15, 0.2) is 18.3 Å². The predicted octanol–water partition coefficient (Wildman–Crippen LogP) is 1.96. The number of likely N-dealkylation sites (tertiary alicyclic amines) is 1. The summed E-state index contributed by atoms with van der Waals surface area (Å²) in [6.45, 7) is 3.36. The molecule has 0 radical (unpaired) electrons. The van der Waals surface area contributed by atoms with Gasteiger partial charge in [0.15, 0.2) is 6.29 Å². The van der Waals surface area contributed by atoms with E-state index in [2.05, 4.69) is 23.4 Å². The van der Waals surface area contributed by atoms with E-state index >= 15 is 0 Å². The first-order valence-corrected chi connectivity index (χ1v) is 5.54. The highest BCUT2D eigenvalue weighted by atomic mass is 16.1. The summed E-state index contributed by atoms with van der Waals surface area (Å²) in [7, 11) is 2.16. The minimum atomic E-state index is 0.492. The van der Waals surface area contributed by atoms with Crippen LogP contribution in [0.2, 0.25) is 0 Å². The number of rotatable bonds is 2. The summed E-state index contributed by atoms with van der Waals surface area (Å²) >= 11 is 0. The molecule has 0 aliphatic carbocycles. The Bertz CT molecular complexity index is 345. The maximum atomic E-state index is 10.8. The largest absolute Gasteiger partial charge is 0.342 e. The maximum absolute atomic E-state index is 10.8. The molecule has 2 atom stereocenters. The van der Waals surface area contributed by atoms with Gasteiger partial charge in [-0.3, -0.25) is 4.79 Å². The molecule has 3 heteroatoms. The van der Waals surface area contributed by atoms with Crippen molar-refractivity contribution in [3.8, 4) is 0 Å². The Morgan fingerprint density at radius 1 is 1.53 bits per heavy atom. The van der Waals surface area contributed by atoms with Crippen LogP contribution in [0.5, 0.6) is 0 Å². The molecule has 0 amide bonds. The van der Waals surface area contributed by atoms with Crippen LogP contribution in [0.1, 0.15) is 36.3 Å². The van der Waals surface area contributed by atoms with Crippen molar-refractivity contribution in [3.63, 3.8) is 0 Å². The fourth-order valence-electron chi connectivity index (χ4n) is 2.36. The number of hydrogen-bond acceptors (Lipinski definition) is 2. The number of carbonyl (C=O) groups excluding carboxylic acids is 1. The van der Waals surface area contributed by atoms with Gasteiger partial charge in [-0.05, 0) is 38.9 Å². The van der Waals surface area contributed by atoms with Crippen LogP contribution < -0.4 is 0 Å². The van der Waals surface area contributed by atoms with E-state index in [9.17, 15) is 4.79 Å². The lowest BCUT2D eigenvalue weighted by Gasteiger charge is -2.36. The minimum Gasteiger partial charge on any atom is -0.342 e. The minimum absolute atomic E-state index is 0.492. The summed E-state index contributed by atoms with van der Waals surface area (Å²) in [6, 6.07) is 4.93. The van der Waals surface area contributed by atoms with Gasteiger partial charge in [0, 0.05) is 24.8 Å². The van der Waals surface area contributed by atoms with E-state index < -0.39 is 0 Å². The van der Waals surface area contributed by atoms with Crippen LogP contribution in [0.4, 0.5) is 0 Å². The highest BCUT2D eigenvalue weighted by molar-refractivity contribution is 5.72. The lowest BCUT2D eigenvalue weighted by molar-refractivity contribution is 0.110. The molecule has 0 N–H and O–H groups in total. The van der Waals surface area contributed by atoms with Crippen LogP contribution in [0.25, 0.3) is 0 Å². The van der Waals surface area contributed by atoms with Crippen molar-refractivity contribution < 1.29 is 4.79 Å². The fourth-order valence-corrected chi connectivity index (χ4v) is 2.36. The van der Waals surface area contributed by atoms with E-state index in [1.54, 1.807) is 0 Å². The number of piperidine rings is 1. The van der Waals surface area contributed by atoms with Gasteiger partial charge >= 0.3 is 0 Å². The van der Waals surface area contributed by atoms with E-state index in [0.717, 1.165) is 31.4 Å². The standard InChI is InChI=1S/C12H18N2O/c1-10-8-11(5-7-13(10)2)14-6-3-4-12(14)9-15/h3-4,6,9-11H,5,7-8H2,1-2H3. The van der Waals surface area contributed by atoms with E-state index in [4.69, 9.17) is 0 Å². The van der Waals surface area contributed by atoms with E-state index in [1.807, 2.05) is 18.3 Å². The Hall–Kier alpha value is -1.09. The molecule has 1 aliphatic rings. The topological polar surface area (TPSA) is 25.2 Å². The van der Waals surface area contributed by atoms with Gasteiger partial charge in [-0.25, -0.2) is 0 Å². The first kappa shape index (κ1) is 10.4. The molecule has 1 aliphatic heterocycles. The van der Waals surface area contributed by atoms with Gasteiger partial charge in [0.2, 0.25) is 0 Å². The van der Waals surface area contributed by atoms with Crippen molar-refractivity contribution >= 4 is 6.29 Å². The van der Waals surface area contributed by atoms with E-state index in [-0.39, 0.29) is 0 Å². The first-order valence-electron chi connectivity index (χ1n) is 5.54. The second-order valence-electron chi connectivity index (χ2n) is 4.47. The highest BCUT2D eigenvalue weighted by Gasteiger charge is 2.24. The molecule has 0 bridgehead atoms. The summed E-state index contributed by atoms with van der Waals surface area (Å²) in [4.78, 5) is 13.2. The number of carbonyl (C=O) groups is 1. The summed E-state index contributed by atoms with van der Waals surface area (Å²) in [5, 5.41) is 0. The van der Waals surface area contributed by atoms with Crippen molar-refractivity contribution in [1.82, 2.24) is 9.47 Å². The van der Waals surface area contributed by atoms with Gasteiger partial charge in [0.05, 0.1) is 5.69 Å². The van der Waals surface area contributed by atoms with E-state index in [0.29, 0.717) is 12.1 Å². The van der Waals surface area contributed by atoms with Gasteiger partial charge in [-0.1, -0.05) is 0 Å². The average Bonchev–Trinajstić information content (AvgIpc) is 2.70. The van der Waals surface area contributed by atoms with Crippen LogP contribution in [0.3, 0.4) is 0 Å². The third-order valence-corrected chi connectivity index (χ3v) is 3.51. The quantitative estimate of drug-likeness (QED) is 0.691. The molecule has 0 aromatic carbocycles. The summed E-state index contributed by atoms with van der Waals surface area (Å²) in [5.74, 6) is 0. The predicted molar refractivity (Wildman–Crippen MR) is 60.2 cm³/mol. The Kier molecular flexibility index (Phi) is 2.91. The smallest absolute Gasteiger partial charge is 0.166 e. The zero-order valence-corrected chi connectivity index (χ0v) is 9.39. The maximum Gasteiger partial charge on any atom is 0.166 e. The van der Waals surface area contributed by atoms with Crippen LogP contribution in [0, 0.1) is 0 Å². The normalized spacial score (nSPS) is 27.9. The third-order valence-electron chi connectivity index (χ3n) is 3.51. The van der Waals surface area contributed by atoms with Gasteiger partial charge in [-0.2, -0.15) is 0 Å². The first-order chi connectivity index (χ1) is 7.22. The molecule has 0 saturated carbocycles. The molecule has 2 heterocycles. The second-order valence-corrected chi connectivity index (χ2v) is 4.47. The number of nitrogens with zero attached hydrogens (tertiary/aromatic N) is 2. The number of hydrogen-bond donors (Lipinski definition) is 0. The summed E-state index contributed by atoms with van der Waals surface area (Å²) in [5.41, 5.74) is 0.803. The zero-order valence-electron chi connectivity index (χ0n) is 9.39. The van der Waals surface area contributed by atoms with Crippen LogP contribution in [-0.2, 0) is 0 Å². The monoisotopic (exact) mass is 206 g/mol. The highest BCUT2D eigenvalue weighted by Crippen LogP contribution is 2.26. The second kappa shape index (κ2) is 4.19. The SMILES string of the molecule is CC1CC(n2cccc2C=O)CCN1C. The number of aromatic nitrogens is 1. The molecular formula is C12H18N2O. The molecule has 3 nitrogen and oxygen atoms in total. The van der Waals surface area contributed by atoms with Gasteiger partial charge in [0.1, 0.15) is 0 Å². The van der Waals surface area contributed by atoms with Gasteiger partial charge < -0.3 is 9.47 Å². The Morgan fingerprint density at radius 2 is 2.33 bits per heavy atom. The average molecular weight is 206 g/mol. The molecule has 0 spiro atoms. The molecule has 1 aromatic heterocycles. The Labute approximate surface area is 90.7 Å². The molecule has 2 unspecified atom stereocenters. The molecule has 82 valence electrons. The van der Waals surface area contributed by atoms with Gasteiger partial charge in [-0.15, -0.1) is 0 Å². The van der Waals surface area contributed by atoms with Crippen molar-refractivity contribution in [1.29, 1.82) is 0 Å². The van der Waals surface area contributed by atoms with Crippen LogP contribution in [-0.4, -0.2) is 35.4 Å². The fraction of sp³-hybridized carbons (Fsp3) is 0.583. The van der Waals surface area contributed by atoms with Gasteiger partial charge in [0.25, 0.3) is 0 Å². The Morgan fingerprint density at radius 3 is 3.00 bits per heavy atom. The molecular weight excluding hydrogens is 188 g/mol. The summed E-state index contributed by atoms with van der Waals surface area (Å²) in [6.07, 6.45) is 5.23. The summed E-state index contributed by atoms with van der Waals surface area (Å²) < 4.78 is 2.12. The zero-order chi connectivity index (χ0) is 10.8.